The van der Waals surface area contributed by atoms with Crippen LogP contribution < -0.4 is 10.6 Å². The van der Waals surface area contributed by atoms with E-state index in [0.29, 0.717) is 13.0 Å². The smallest absolute Gasteiger partial charge is 0.219 e. The lowest BCUT2D eigenvalue weighted by atomic mass is 9.94. The Balaban J connectivity index is 0.00000144. The Morgan fingerprint density at radius 3 is 3.00 bits per heavy atom. The molecule has 1 atom stereocenters. The quantitative estimate of drug-likeness (QED) is 0.864. The van der Waals surface area contributed by atoms with Gasteiger partial charge in [-0.05, 0) is 24.1 Å². The maximum atomic E-state index is 11.2. The van der Waals surface area contributed by atoms with Crippen molar-refractivity contribution in [2.45, 2.75) is 25.8 Å². The molecule has 4 heteroatoms. The summed E-state index contributed by atoms with van der Waals surface area (Å²) in [5, 5.41) is 6.38. The maximum Gasteiger partial charge on any atom is 0.219 e. The van der Waals surface area contributed by atoms with Gasteiger partial charge in [-0.3, -0.25) is 4.79 Å². The molecule has 1 amide bonds. The summed E-state index contributed by atoms with van der Waals surface area (Å²) >= 11 is 0. The molecular formula is C13H19ClN2O. The van der Waals surface area contributed by atoms with Gasteiger partial charge in [0.05, 0.1) is 0 Å². The highest BCUT2D eigenvalue weighted by Crippen LogP contribution is 2.21. The van der Waals surface area contributed by atoms with E-state index < -0.39 is 0 Å². The average molecular weight is 255 g/mol. The summed E-state index contributed by atoms with van der Waals surface area (Å²) in [6, 6.07) is 8.71. The predicted molar refractivity (Wildman–Crippen MR) is 71.4 cm³/mol. The van der Waals surface area contributed by atoms with Gasteiger partial charge in [-0.2, -0.15) is 0 Å². The molecule has 2 N–H and O–H groups in total. The van der Waals surface area contributed by atoms with Gasteiger partial charge in [0.15, 0.2) is 0 Å². The molecule has 0 aliphatic carbocycles. The van der Waals surface area contributed by atoms with Crippen LogP contribution in [-0.4, -0.2) is 19.0 Å². The van der Waals surface area contributed by atoms with Gasteiger partial charge >= 0.3 is 0 Å². The van der Waals surface area contributed by atoms with Crippen LogP contribution in [0.25, 0.3) is 0 Å². The summed E-state index contributed by atoms with van der Waals surface area (Å²) in [5.74, 6) is 0.116. The normalized spacial score (nSPS) is 17.8. The minimum atomic E-state index is 0. The van der Waals surface area contributed by atoms with Crippen molar-refractivity contribution >= 4 is 18.3 Å². The largest absolute Gasteiger partial charge is 0.354 e. The molecule has 0 saturated heterocycles. The minimum absolute atomic E-state index is 0. The second kappa shape index (κ2) is 6.62. The molecule has 1 aliphatic heterocycles. The second-order valence-electron chi connectivity index (χ2n) is 4.11. The van der Waals surface area contributed by atoms with Gasteiger partial charge in [0.25, 0.3) is 0 Å². The number of rotatable bonds is 3. The van der Waals surface area contributed by atoms with Crippen LogP contribution in [0.1, 0.15) is 30.5 Å². The molecule has 0 saturated carbocycles. The summed E-state index contributed by atoms with van der Waals surface area (Å²) in [6.45, 7) is 3.55. The minimum Gasteiger partial charge on any atom is -0.354 e. The van der Waals surface area contributed by atoms with E-state index in [1.165, 1.54) is 11.1 Å². The first-order valence-electron chi connectivity index (χ1n) is 5.89. The Hall–Kier alpha value is -1.06. The zero-order chi connectivity index (χ0) is 11.4. The van der Waals surface area contributed by atoms with E-state index in [-0.39, 0.29) is 24.4 Å². The number of hydrogen-bond donors (Lipinski definition) is 2. The molecule has 94 valence electrons. The molecule has 0 fully saturated rings. The third-order valence-corrected chi connectivity index (χ3v) is 3.04. The van der Waals surface area contributed by atoms with Gasteiger partial charge in [0.1, 0.15) is 0 Å². The summed E-state index contributed by atoms with van der Waals surface area (Å²) in [4.78, 5) is 11.2. The van der Waals surface area contributed by atoms with Gasteiger partial charge in [0.2, 0.25) is 5.91 Å². The van der Waals surface area contributed by atoms with Gasteiger partial charge in [-0.25, -0.2) is 0 Å². The maximum absolute atomic E-state index is 11.2. The Morgan fingerprint density at radius 1 is 1.47 bits per heavy atom. The fourth-order valence-corrected chi connectivity index (χ4v) is 2.12. The monoisotopic (exact) mass is 254 g/mol. The first-order valence-corrected chi connectivity index (χ1v) is 5.89. The summed E-state index contributed by atoms with van der Waals surface area (Å²) in [7, 11) is 0. The van der Waals surface area contributed by atoms with E-state index >= 15 is 0 Å². The standard InChI is InChI=1S/C13H18N2O.ClH/c1-2-13(16)15-9-12-11-6-4-3-5-10(11)7-8-14-12;/h3-6,12,14H,2,7-9H2,1H3,(H,15,16);1H. The third kappa shape index (κ3) is 3.45. The molecule has 3 nitrogen and oxygen atoms in total. The lowest BCUT2D eigenvalue weighted by Gasteiger charge is -2.27. The second-order valence-corrected chi connectivity index (χ2v) is 4.11. The van der Waals surface area contributed by atoms with Crippen LogP contribution in [0.2, 0.25) is 0 Å². The molecule has 1 aliphatic rings. The molecule has 0 spiro atoms. The highest BCUT2D eigenvalue weighted by atomic mass is 35.5. The SMILES string of the molecule is CCC(=O)NCC1NCCc2ccccc21.Cl. The number of hydrogen-bond acceptors (Lipinski definition) is 2. The Kier molecular flexibility index (Phi) is 5.45. The molecule has 0 bridgehead atoms. The number of nitrogens with one attached hydrogen (secondary N) is 2. The molecule has 1 unspecified atom stereocenters. The third-order valence-electron chi connectivity index (χ3n) is 3.04. The van der Waals surface area contributed by atoms with E-state index in [1.54, 1.807) is 0 Å². The van der Waals surface area contributed by atoms with E-state index in [1.807, 2.05) is 6.92 Å². The summed E-state index contributed by atoms with van der Waals surface area (Å²) in [6.07, 6.45) is 1.63. The van der Waals surface area contributed by atoms with Gasteiger partial charge in [0, 0.05) is 19.0 Å². The zero-order valence-electron chi connectivity index (χ0n) is 10.0. The summed E-state index contributed by atoms with van der Waals surface area (Å²) < 4.78 is 0. The number of fused-ring (bicyclic) bond motifs is 1. The van der Waals surface area contributed by atoms with Crippen LogP contribution in [0.5, 0.6) is 0 Å². The van der Waals surface area contributed by atoms with Gasteiger partial charge in [-0.15, -0.1) is 12.4 Å². The first kappa shape index (κ1) is 14.0. The van der Waals surface area contributed by atoms with Crippen LogP contribution in [0.15, 0.2) is 24.3 Å². The lowest BCUT2D eigenvalue weighted by Crippen LogP contribution is -2.38. The Labute approximate surface area is 108 Å². The van der Waals surface area contributed by atoms with Crippen LogP contribution in [-0.2, 0) is 11.2 Å². The highest BCUT2D eigenvalue weighted by molar-refractivity contribution is 5.85. The van der Waals surface area contributed by atoms with Crippen molar-refractivity contribution in [3.05, 3.63) is 35.4 Å². The van der Waals surface area contributed by atoms with Crippen molar-refractivity contribution in [1.82, 2.24) is 10.6 Å². The van der Waals surface area contributed by atoms with Gasteiger partial charge < -0.3 is 10.6 Å². The molecule has 17 heavy (non-hydrogen) atoms. The number of amides is 1. The topological polar surface area (TPSA) is 41.1 Å². The Morgan fingerprint density at radius 2 is 2.24 bits per heavy atom. The molecular weight excluding hydrogens is 236 g/mol. The first-order chi connectivity index (χ1) is 7.81. The van der Waals surface area contributed by atoms with Crippen LogP contribution in [0.3, 0.4) is 0 Å². The van der Waals surface area contributed by atoms with Gasteiger partial charge in [-0.1, -0.05) is 31.2 Å². The molecule has 1 heterocycles. The van der Waals surface area contributed by atoms with E-state index in [0.717, 1.165) is 13.0 Å². The lowest BCUT2D eigenvalue weighted by molar-refractivity contribution is -0.120. The van der Waals surface area contributed by atoms with Crippen LogP contribution in [0, 0.1) is 0 Å². The fourth-order valence-electron chi connectivity index (χ4n) is 2.12. The number of carbonyl (C=O) groups excluding carboxylic acids is 1. The summed E-state index contributed by atoms with van der Waals surface area (Å²) in [5.41, 5.74) is 2.72. The van der Waals surface area contributed by atoms with E-state index in [9.17, 15) is 4.79 Å². The average Bonchev–Trinajstić information content (AvgIpc) is 2.35. The van der Waals surface area contributed by atoms with Crippen molar-refractivity contribution in [1.29, 1.82) is 0 Å². The molecule has 2 rings (SSSR count). The molecule has 1 aromatic rings. The van der Waals surface area contributed by atoms with Crippen molar-refractivity contribution in [3.8, 4) is 0 Å². The van der Waals surface area contributed by atoms with E-state index in [4.69, 9.17) is 0 Å². The highest BCUT2D eigenvalue weighted by Gasteiger charge is 2.18. The number of benzene rings is 1. The number of carbonyl (C=O) groups is 1. The predicted octanol–water partition coefficient (Wildman–Crippen LogP) is 1.82. The zero-order valence-corrected chi connectivity index (χ0v) is 10.8. The fraction of sp³-hybridized carbons (Fsp3) is 0.462. The van der Waals surface area contributed by atoms with Crippen molar-refractivity contribution < 1.29 is 4.79 Å². The Bertz CT molecular complexity index is 381. The molecule has 0 radical (unpaired) electrons. The van der Waals surface area contributed by atoms with Crippen molar-refractivity contribution in [2.24, 2.45) is 0 Å². The van der Waals surface area contributed by atoms with Crippen molar-refractivity contribution in [2.75, 3.05) is 13.1 Å². The molecule has 1 aromatic carbocycles. The van der Waals surface area contributed by atoms with Crippen molar-refractivity contribution in [3.63, 3.8) is 0 Å². The van der Waals surface area contributed by atoms with E-state index in [2.05, 4.69) is 34.9 Å². The molecule has 0 aromatic heterocycles. The number of halogens is 1. The van der Waals surface area contributed by atoms with Crippen LogP contribution in [0.4, 0.5) is 0 Å². The van der Waals surface area contributed by atoms with Crippen LogP contribution >= 0.6 is 12.4 Å².